The van der Waals surface area contributed by atoms with Gasteiger partial charge in [-0.3, -0.25) is 0 Å². The zero-order chi connectivity index (χ0) is 12.7. The molecule has 1 rings (SSSR count). The summed E-state index contributed by atoms with van der Waals surface area (Å²) in [6, 6.07) is 3.58. The lowest BCUT2D eigenvalue weighted by Crippen LogP contribution is -2.24. The Bertz CT molecular complexity index is 448. The van der Waals surface area contributed by atoms with Gasteiger partial charge in [-0.2, -0.15) is 0 Å². The Kier molecular flexibility index (Phi) is 5.13. The highest BCUT2D eigenvalue weighted by atomic mass is 32.2. The number of hydrogen-bond donors (Lipinski definition) is 4. The molecule has 0 unspecified atom stereocenters. The van der Waals surface area contributed by atoms with E-state index in [-0.39, 0.29) is 0 Å². The zero-order valence-electron chi connectivity index (χ0n) is 9.60. The first kappa shape index (κ1) is 13.7. The molecule has 0 bridgehead atoms. The highest BCUT2D eigenvalue weighted by Crippen LogP contribution is 2.10. The van der Waals surface area contributed by atoms with Gasteiger partial charge < -0.3 is 10.7 Å². The molecule has 96 valence electrons. The Morgan fingerprint density at radius 2 is 2.18 bits per heavy atom. The molecule has 7 nitrogen and oxygen atoms in total. The summed E-state index contributed by atoms with van der Waals surface area (Å²) in [5, 5.41) is 3.14. The number of hydrazine groups is 1. The van der Waals surface area contributed by atoms with Crippen LogP contribution in [0.2, 0.25) is 0 Å². The van der Waals surface area contributed by atoms with E-state index in [0.29, 0.717) is 25.3 Å². The SMILES string of the molecule is CS(=O)(=O)NCCCNc1ccnc(NN)c1. The number of pyridine rings is 1. The van der Waals surface area contributed by atoms with Gasteiger partial charge in [-0.05, 0) is 12.5 Å². The number of hydrogen-bond acceptors (Lipinski definition) is 6. The van der Waals surface area contributed by atoms with Gasteiger partial charge in [0.25, 0.3) is 0 Å². The Labute approximate surface area is 101 Å². The molecule has 1 aromatic heterocycles. The van der Waals surface area contributed by atoms with Crippen LogP contribution in [0.25, 0.3) is 0 Å². The molecule has 0 atom stereocenters. The van der Waals surface area contributed by atoms with Crippen molar-refractivity contribution in [2.45, 2.75) is 6.42 Å². The van der Waals surface area contributed by atoms with Crippen molar-refractivity contribution in [2.24, 2.45) is 5.84 Å². The predicted molar refractivity (Wildman–Crippen MR) is 68.0 cm³/mol. The van der Waals surface area contributed by atoms with Crippen molar-refractivity contribution in [2.75, 3.05) is 30.1 Å². The van der Waals surface area contributed by atoms with Crippen molar-refractivity contribution < 1.29 is 8.42 Å². The number of nitrogens with zero attached hydrogens (tertiary/aromatic N) is 1. The van der Waals surface area contributed by atoms with E-state index < -0.39 is 10.0 Å². The van der Waals surface area contributed by atoms with Gasteiger partial charge in [0.1, 0.15) is 5.82 Å². The zero-order valence-corrected chi connectivity index (χ0v) is 10.4. The predicted octanol–water partition coefficient (Wildman–Crippen LogP) is -0.282. The van der Waals surface area contributed by atoms with Crippen LogP contribution in [0.15, 0.2) is 18.3 Å². The molecule has 0 saturated heterocycles. The molecular formula is C9H17N5O2S. The Morgan fingerprint density at radius 1 is 1.41 bits per heavy atom. The minimum absolute atomic E-state index is 0.416. The van der Waals surface area contributed by atoms with Gasteiger partial charge in [0.05, 0.1) is 6.26 Å². The molecule has 5 N–H and O–H groups in total. The molecule has 1 heterocycles. The lowest BCUT2D eigenvalue weighted by Gasteiger charge is -2.07. The quantitative estimate of drug-likeness (QED) is 0.304. The summed E-state index contributed by atoms with van der Waals surface area (Å²) in [6.45, 7) is 1.08. The van der Waals surface area contributed by atoms with Crippen LogP contribution in [0.3, 0.4) is 0 Å². The second-order valence-corrected chi connectivity index (χ2v) is 5.35. The molecular weight excluding hydrogens is 242 g/mol. The summed E-state index contributed by atoms with van der Waals surface area (Å²) >= 11 is 0. The van der Waals surface area contributed by atoms with E-state index >= 15 is 0 Å². The van der Waals surface area contributed by atoms with E-state index in [4.69, 9.17) is 5.84 Å². The smallest absolute Gasteiger partial charge is 0.208 e. The third-order valence-corrected chi connectivity index (χ3v) is 2.68. The maximum atomic E-state index is 10.8. The van der Waals surface area contributed by atoms with Crippen molar-refractivity contribution in [3.8, 4) is 0 Å². The molecule has 1 aromatic rings. The molecule has 0 spiro atoms. The summed E-state index contributed by atoms with van der Waals surface area (Å²) in [5.74, 6) is 5.80. The van der Waals surface area contributed by atoms with Gasteiger partial charge in [-0.15, -0.1) is 0 Å². The number of nitrogens with two attached hydrogens (primary N) is 1. The van der Waals surface area contributed by atoms with Crippen LogP contribution in [0, 0.1) is 0 Å². The highest BCUT2D eigenvalue weighted by molar-refractivity contribution is 7.88. The molecule has 0 aliphatic rings. The summed E-state index contributed by atoms with van der Waals surface area (Å²) < 4.78 is 24.0. The van der Waals surface area contributed by atoms with E-state index in [2.05, 4.69) is 20.4 Å². The van der Waals surface area contributed by atoms with Crippen LogP contribution < -0.4 is 21.3 Å². The molecule has 0 amide bonds. The summed E-state index contributed by atoms with van der Waals surface area (Å²) in [5.41, 5.74) is 3.33. The molecule has 0 fully saturated rings. The maximum Gasteiger partial charge on any atom is 0.208 e. The van der Waals surface area contributed by atoms with Crippen LogP contribution in [-0.2, 0) is 10.0 Å². The average molecular weight is 259 g/mol. The van der Waals surface area contributed by atoms with Gasteiger partial charge in [-0.25, -0.2) is 24.0 Å². The fraction of sp³-hybridized carbons (Fsp3) is 0.444. The molecule has 8 heteroatoms. The van der Waals surface area contributed by atoms with Crippen molar-refractivity contribution >= 4 is 21.5 Å². The van der Waals surface area contributed by atoms with E-state index in [0.717, 1.165) is 11.9 Å². The topological polar surface area (TPSA) is 109 Å². The van der Waals surface area contributed by atoms with Crippen molar-refractivity contribution in [1.29, 1.82) is 0 Å². The first-order valence-electron chi connectivity index (χ1n) is 5.12. The monoisotopic (exact) mass is 259 g/mol. The third-order valence-electron chi connectivity index (χ3n) is 1.95. The fourth-order valence-electron chi connectivity index (χ4n) is 1.20. The van der Waals surface area contributed by atoms with E-state index in [1.54, 1.807) is 12.3 Å². The first-order valence-corrected chi connectivity index (χ1v) is 7.01. The molecule has 0 aromatic carbocycles. The Morgan fingerprint density at radius 3 is 2.82 bits per heavy atom. The number of anilines is 2. The standard InChI is InChI=1S/C9H17N5O2S/c1-17(15,16)13-5-2-4-11-8-3-6-12-9(7-8)14-10/h3,6-7,13H,2,4-5,10H2,1H3,(H2,11,12,14). The number of aromatic nitrogens is 1. The Balaban J connectivity index is 2.26. The summed E-state index contributed by atoms with van der Waals surface area (Å²) in [6.07, 6.45) is 3.47. The van der Waals surface area contributed by atoms with Gasteiger partial charge in [0.2, 0.25) is 10.0 Å². The van der Waals surface area contributed by atoms with Gasteiger partial charge in [0, 0.05) is 31.0 Å². The fourth-order valence-corrected chi connectivity index (χ4v) is 1.71. The second-order valence-electron chi connectivity index (χ2n) is 3.52. The molecule has 0 saturated carbocycles. The van der Waals surface area contributed by atoms with Crippen LogP contribution in [0.4, 0.5) is 11.5 Å². The largest absolute Gasteiger partial charge is 0.385 e. The molecule has 0 aliphatic carbocycles. The lowest BCUT2D eigenvalue weighted by atomic mass is 10.3. The van der Waals surface area contributed by atoms with E-state index in [1.807, 2.05) is 6.07 Å². The number of nitrogens with one attached hydrogen (secondary N) is 3. The van der Waals surface area contributed by atoms with Crippen LogP contribution >= 0.6 is 0 Å². The van der Waals surface area contributed by atoms with E-state index in [9.17, 15) is 8.42 Å². The Hall–Kier alpha value is -1.38. The average Bonchev–Trinajstić information content (AvgIpc) is 2.27. The van der Waals surface area contributed by atoms with E-state index in [1.165, 1.54) is 0 Å². The van der Waals surface area contributed by atoms with Crippen LogP contribution in [-0.4, -0.2) is 32.7 Å². The minimum Gasteiger partial charge on any atom is -0.385 e. The van der Waals surface area contributed by atoms with Crippen molar-refractivity contribution in [3.05, 3.63) is 18.3 Å². The van der Waals surface area contributed by atoms with Gasteiger partial charge >= 0.3 is 0 Å². The van der Waals surface area contributed by atoms with Crippen molar-refractivity contribution in [1.82, 2.24) is 9.71 Å². The van der Waals surface area contributed by atoms with Crippen molar-refractivity contribution in [3.63, 3.8) is 0 Å². The van der Waals surface area contributed by atoms with Crippen LogP contribution in [0.5, 0.6) is 0 Å². The highest BCUT2D eigenvalue weighted by Gasteiger charge is 1.99. The van der Waals surface area contributed by atoms with Crippen LogP contribution in [0.1, 0.15) is 6.42 Å². The third kappa shape index (κ3) is 6.05. The number of rotatable bonds is 7. The first-order chi connectivity index (χ1) is 8.01. The summed E-state index contributed by atoms with van der Waals surface area (Å²) in [4.78, 5) is 3.97. The molecule has 17 heavy (non-hydrogen) atoms. The minimum atomic E-state index is -3.09. The normalized spacial score (nSPS) is 11.2. The number of nitrogen functional groups attached to an aromatic ring is 1. The lowest BCUT2D eigenvalue weighted by molar-refractivity contribution is 0.586. The van der Waals surface area contributed by atoms with Gasteiger partial charge in [-0.1, -0.05) is 0 Å². The molecule has 0 radical (unpaired) electrons. The maximum absolute atomic E-state index is 10.8. The second kappa shape index (κ2) is 6.38. The summed E-state index contributed by atoms with van der Waals surface area (Å²) in [7, 11) is -3.09. The molecule has 0 aliphatic heterocycles. The van der Waals surface area contributed by atoms with Gasteiger partial charge in [0.15, 0.2) is 0 Å². The number of sulfonamides is 1.